The highest BCUT2D eigenvalue weighted by Crippen LogP contribution is 2.38. The maximum Gasteiger partial charge on any atom is 0.494 e. The van der Waals surface area contributed by atoms with Crippen molar-refractivity contribution in [3.05, 3.63) is 83.9 Å². The van der Waals surface area contributed by atoms with Crippen molar-refractivity contribution in [2.75, 3.05) is 4.90 Å². The Morgan fingerprint density at radius 2 is 0.905 bits per heavy atom. The molecule has 8 heteroatoms. The van der Waals surface area contributed by atoms with Crippen molar-refractivity contribution in [1.29, 1.82) is 0 Å². The molecule has 0 saturated carbocycles. The highest BCUT2D eigenvalue weighted by Gasteiger charge is 2.51. The third kappa shape index (κ3) is 7.23. The third-order valence-electron chi connectivity index (χ3n) is 7.20. The van der Waals surface area contributed by atoms with Crippen molar-refractivity contribution in [3.8, 4) is 0 Å². The minimum atomic E-state index is -0.587. The minimum absolute atomic E-state index is 0.380. The van der Waals surface area contributed by atoms with Gasteiger partial charge in [0.25, 0.3) is 0 Å². The molecule has 42 heavy (non-hydrogen) atoms. The molecular weight excluding hydrogens is 529 g/mol. The van der Waals surface area contributed by atoms with E-state index in [9.17, 15) is 9.59 Å². The van der Waals surface area contributed by atoms with Crippen molar-refractivity contribution >= 4 is 41.6 Å². The van der Waals surface area contributed by atoms with Gasteiger partial charge in [-0.15, -0.1) is 0 Å². The molecule has 3 aromatic carbocycles. The summed E-state index contributed by atoms with van der Waals surface area (Å²) in [4.78, 5) is 27.3. The SMILES string of the molecule is CC(C)(C)OC(=O)c1ccc(N(c2ccc(B3OC(C)(C)C(C)(C)O3)cc2)c2ccc(C(=O)OC(C)(C)C)cc2)cc1. The number of rotatable bonds is 6. The molecule has 1 aliphatic rings. The second-order valence-corrected chi connectivity index (χ2v) is 13.6. The average Bonchev–Trinajstić information content (AvgIpc) is 3.10. The van der Waals surface area contributed by atoms with Crippen molar-refractivity contribution in [2.24, 2.45) is 0 Å². The Morgan fingerprint density at radius 3 is 1.21 bits per heavy atom. The Kier molecular flexibility index (Phi) is 8.38. The van der Waals surface area contributed by atoms with Crippen LogP contribution in [0, 0.1) is 0 Å². The first-order chi connectivity index (χ1) is 19.4. The summed E-state index contributed by atoms with van der Waals surface area (Å²) in [6.07, 6.45) is 0. The molecule has 0 bridgehead atoms. The summed E-state index contributed by atoms with van der Waals surface area (Å²) >= 11 is 0. The first kappa shape index (κ1) is 31.3. The standard InChI is InChI=1S/C34H42BNO6/c1-31(2,3)39-29(37)23-11-17-26(18-12-23)36(27-19-13-24(14-20-27)30(38)40-32(4,5)6)28-21-15-25(16-22-28)35-41-33(7,8)34(9,10)42-35/h11-22H,1-10H3. The molecule has 1 saturated heterocycles. The lowest BCUT2D eigenvalue weighted by Crippen LogP contribution is -2.41. The van der Waals surface area contributed by atoms with Crippen LogP contribution in [0.25, 0.3) is 0 Å². The van der Waals surface area contributed by atoms with Gasteiger partial charge in [0.2, 0.25) is 0 Å². The zero-order valence-corrected chi connectivity index (χ0v) is 26.4. The Morgan fingerprint density at radius 1 is 0.595 bits per heavy atom. The zero-order chi connectivity index (χ0) is 31.1. The summed E-state index contributed by atoms with van der Waals surface area (Å²) in [5, 5.41) is 0. The van der Waals surface area contributed by atoms with Gasteiger partial charge < -0.3 is 23.7 Å². The molecule has 1 aliphatic heterocycles. The molecule has 0 aromatic heterocycles. The first-order valence-corrected chi connectivity index (χ1v) is 14.3. The number of esters is 2. The maximum absolute atomic E-state index is 12.6. The summed E-state index contributed by atoms with van der Waals surface area (Å²) in [6, 6.07) is 22.5. The van der Waals surface area contributed by atoms with E-state index in [1.807, 2.05) is 123 Å². The Balaban J connectivity index is 1.67. The van der Waals surface area contributed by atoms with E-state index in [1.165, 1.54) is 0 Å². The van der Waals surface area contributed by atoms with Crippen molar-refractivity contribution < 1.29 is 28.4 Å². The van der Waals surface area contributed by atoms with Crippen LogP contribution < -0.4 is 10.4 Å². The van der Waals surface area contributed by atoms with Gasteiger partial charge in [0, 0.05) is 17.1 Å². The number of ether oxygens (including phenoxy) is 2. The summed E-state index contributed by atoms with van der Waals surface area (Å²) < 4.78 is 23.5. The molecule has 1 fully saturated rings. The van der Waals surface area contributed by atoms with Gasteiger partial charge >= 0.3 is 19.1 Å². The number of hydrogen-bond donors (Lipinski definition) is 0. The number of carbonyl (C=O) groups excluding carboxylic acids is 2. The van der Waals surface area contributed by atoms with Crippen molar-refractivity contribution in [3.63, 3.8) is 0 Å². The zero-order valence-electron chi connectivity index (χ0n) is 26.4. The molecule has 3 aromatic rings. The predicted molar refractivity (Wildman–Crippen MR) is 167 cm³/mol. The van der Waals surface area contributed by atoms with Crippen LogP contribution >= 0.6 is 0 Å². The molecule has 0 amide bonds. The van der Waals surface area contributed by atoms with Gasteiger partial charge in [-0.3, -0.25) is 0 Å². The van der Waals surface area contributed by atoms with Crippen LogP contribution in [0.3, 0.4) is 0 Å². The summed E-state index contributed by atoms with van der Waals surface area (Å²) in [6.45, 7) is 19.2. The number of benzene rings is 3. The van der Waals surface area contributed by atoms with Crippen LogP contribution in [0.15, 0.2) is 72.8 Å². The molecule has 0 radical (unpaired) electrons. The lowest BCUT2D eigenvalue weighted by molar-refractivity contribution is 0.00570. The monoisotopic (exact) mass is 571 g/mol. The van der Waals surface area contributed by atoms with Gasteiger partial charge in [0.15, 0.2) is 0 Å². The molecule has 0 atom stereocenters. The van der Waals surface area contributed by atoms with Crippen LogP contribution in [-0.2, 0) is 18.8 Å². The van der Waals surface area contributed by atoms with E-state index in [2.05, 4.69) is 0 Å². The number of nitrogens with zero attached hydrogens (tertiary/aromatic N) is 1. The summed E-state index contributed by atoms with van der Waals surface area (Å²) in [5.74, 6) is -0.761. The molecule has 0 spiro atoms. The van der Waals surface area contributed by atoms with Gasteiger partial charge in [-0.1, -0.05) is 12.1 Å². The topological polar surface area (TPSA) is 74.3 Å². The van der Waals surface area contributed by atoms with Gasteiger partial charge in [0.05, 0.1) is 22.3 Å². The van der Waals surface area contributed by atoms with E-state index in [1.54, 1.807) is 24.3 Å². The molecule has 1 heterocycles. The van der Waals surface area contributed by atoms with Gasteiger partial charge in [-0.05, 0) is 135 Å². The van der Waals surface area contributed by atoms with Gasteiger partial charge in [-0.2, -0.15) is 0 Å². The average molecular weight is 572 g/mol. The molecule has 0 N–H and O–H groups in total. The second-order valence-electron chi connectivity index (χ2n) is 13.6. The molecular formula is C34H42BNO6. The number of hydrogen-bond acceptors (Lipinski definition) is 7. The summed E-state index contributed by atoms with van der Waals surface area (Å²) in [7, 11) is -0.473. The van der Waals surface area contributed by atoms with E-state index >= 15 is 0 Å². The van der Waals surface area contributed by atoms with E-state index in [4.69, 9.17) is 18.8 Å². The van der Waals surface area contributed by atoms with Crippen LogP contribution in [0.4, 0.5) is 17.1 Å². The van der Waals surface area contributed by atoms with Crippen molar-refractivity contribution in [1.82, 2.24) is 0 Å². The van der Waals surface area contributed by atoms with Gasteiger partial charge in [-0.25, -0.2) is 9.59 Å². The van der Waals surface area contributed by atoms with Gasteiger partial charge in [0.1, 0.15) is 11.2 Å². The molecule has 0 aliphatic carbocycles. The minimum Gasteiger partial charge on any atom is -0.456 e. The van der Waals surface area contributed by atoms with E-state index in [0.29, 0.717) is 11.1 Å². The normalized spacial score (nSPS) is 16.2. The molecule has 7 nitrogen and oxygen atoms in total. The van der Waals surface area contributed by atoms with E-state index in [0.717, 1.165) is 22.5 Å². The lowest BCUT2D eigenvalue weighted by Gasteiger charge is -2.32. The van der Waals surface area contributed by atoms with Crippen LogP contribution in [-0.4, -0.2) is 41.5 Å². The quantitative estimate of drug-likeness (QED) is 0.226. The second kappa shape index (κ2) is 11.2. The molecule has 4 rings (SSSR count). The Bertz CT molecular complexity index is 1330. The highest BCUT2D eigenvalue weighted by atomic mass is 16.7. The maximum atomic E-state index is 12.6. The summed E-state index contributed by atoms with van der Waals surface area (Å²) in [5.41, 5.74) is 2.33. The number of anilines is 3. The predicted octanol–water partition coefficient (Wildman–Crippen LogP) is 7.37. The van der Waals surface area contributed by atoms with Crippen LogP contribution in [0.2, 0.25) is 0 Å². The van der Waals surface area contributed by atoms with E-state index in [-0.39, 0.29) is 11.9 Å². The fraction of sp³-hybridized carbons (Fsp3) is 0.412. The first-order valence-electron chi connectivity index (χ1n) is 14.3. The largest absolute Gasteiger partial charge is 0.494 e. The van der Waals surface area contributed by atoms with Crippen LogP contribution in [0.1, 0.15) is 90.0 Å². The number of carbonyl (C=O) groups is 2. The van der Waals surface area contributed by atoms with Crippen molar-refractivity contribution in [2.45, 2.75) is 91.6 Å². The van der Waals surface area contributed by atoms with Crippen LogP contribution in [0.5, 0.6) is 0 Å². The third-order valence-corrected chi connectivity index (χ3v) is 7.20. The highest BCUT2D eigenvalue weighted by molar-refractivity contribution is 6.62. The molecule has 222 valence electrons. The van der Waals surface area contributed by atoms with E-state index < -0.39 is 29.5 Å². The smallest absolute Gasteiger partial charge is 0.456 e. The fourth-order valence-corrected chi connectivity index (χ4v) is 4.37. The Hall–Kier alpha value is -3.62. The Labute approximate surface area is 250 Å². The molecule has 0 unspecified atom stereocenters. The lowest BCUT2D eigenvalue weighted by atomic mass is 9.79. The fourth-order valence-electron chi connectivity index (χ4n) is 4.37.